The van der Waals surface area contributed by atoms with E-state index in [1.54, 1.807) is 6.07 Å². The van der Waals surface area contributed by atoms with E-state index in [2.05, 4.69) is 4.98 Å². The van der Waals surface area contributed by atoms with Crippen molar-refractivity contribution in [2.45, 2.75) is 0 Å². The quantitative estimate of drug-likeness (QED) is 0.676. The standard InChI is InChI=1S/C7H6N3O2S/c8-7-9-5-3-4(10(11)12)1-2-6(5)13-7/h1-3,11H,(H2,8,9)/q-1. The summed E-state index contributed by atoms with van der Waals surface area (Å²) in [5.74, 6) is 0. The lowest BCUT2D eigenvalue weighted by Gasteiger charge is -2.20. The normalized spacial score (nSPS) is 10.6. The van der Waals surface area contributed by atoms with Crippen molar-refractivity contribution in [3.63, 3.8) is 0 Å². The van der Waals surface area contributed by atoms with Gasteiger partial charge in [0.1, 0.15) is 0 Å². The Morgan fingerprint density at radius 2 is 2.31 bits per heavy atom. The highest BCUT2D eigenvalue weighted by Crippen LogP contribution is 2.26. The summed E-state index contributed by atoms with van der Waals surface area (Å²) in [6, 6.07) is 4.68. The van der Waals surface area contributed by atoms with E-state index in [4.69, 9.17) is 10.9 Å². The molecule has 1 heterocycles. The third-order valence-electron chi connectivity index (χ3n) is 1.61. The lowest BCUT2D eigenvalue weighted by Crippen LogP contribution is -2.06. The summed E-state index contributed by atoms with van der Waals surface area (Å²) < 4.78 is 0.892. The fourth-order valence-corrected chi connectivity index (χ4v) is 1.77. The van der Waals surface area contributed by atoms with Gasteiger partial charge >= 0.3 is 0 Å². The summed E-state index contributed by atoms with van der Waals surface area (Å²) in [5, 5.41) is 19.4. The van der Waals surface area contributed by atoms with Gasteiger partial charge in [-0.1, -0.05) is 11.3 Å². The number of hydrogen-bond acceptors (Lipinski definition) is 6. The summed E-state index contributed by atoms with van der Waals surface area (Å²) in [5.41, 5.74) is 6.24. The summed E-state index contributed by atoms with van der Waals surface area (Å²) in [7, 11) is 0. The Morgan fingerprint density at radius 3 is 3.00 bits per heavy atom. The molecule has 0 fully saturated rings. The Morgan fingerprint density at radius 1 is 1.54 bits per heavy atom. The maximum Gasteiger partial charge on any atom is 0.181 e. The molecule has 3 N–H and O–H groups in total. The molecule has 1 aromatic carbocycles. The molecule has 2 rings (SSSR count). The van der Waals surface area contributed by atoms with Gasteiger partial charge in [0.25, 0.3) is 0 Å². The van der Waals surface area contributed by atoms with E-state index >= 15 is 0 Å². The summed E-state index contributed by atoms with van der Waals surface area (Å²) >= 11 is 1.34. The number of nitrogens with two attached hydrogens (primary N) is 1. The van der Waals surface area contributed by atoms with Crippen molar-refractivity contribution in [1.29, 1.82) is 0 Å². The van der Waals surface area contributed by atoms with Crippen molar-refractivity contribution in [3.05, 3.63) is 23.4 Å². The molecular formula is C7H6N3O2S-. The van der Waals surface area contributed by atoms with Crippen LogP contribution in [-0.2, 0) is 0 Å². The smallest absolute Gasteiger partial charge is 0.181 e. The van der Waals surface area contributed by atoms with Gasteiger partial charge in [-0.05, 0) is 18.2 Å². The van der Waals surface area contributed by atoms with Gasteiger partial charge in [-0.3, -0.25) is 5.21 Å². The molecule has 0 bridgehead atoms. The number of aromatic nitrogens is 1. The number of benzene rings is 1. The van der Waals surface area contributed by atoms with Crippen LogP contribution in [0.15, 0.2) is 18.2 Å². The van der Waals surface area contributed by atoms with Crippen LogP contribution in [0.1, 0.15) is 0 Å². The maximum absolute atomic E-state index is 10.5. The topological polar surface area (TPSA) is 85.4 Å². The molecule has 68 valence electrons. The van der Waals surface area contributed by atoms with Crippen LogP contribution in [0.4, 0.5) is 10.8 Å². The van der Waals surface area contributed by atoms with Crippen LogP contribution in [-0.4, -0.2) is 10.2 Å². The molecule has 13 heavy (non-hydrogen) atoms. The van der Waals surface area contributed by atoms with Crippen molar-refractivity contribution in [2.75, 3.05) is 11.0 Å². The maximum atomic E-state index is 10.5. The van der Waals surface area contributed by atoms with Gasteiger partial charge in [0.2, 0.25) is 0 Å². The fourth-order valence-electron chi connectivity index (χ4n) is 1.05. The van der Waals surface area contributed by atoms with Crippen LogP contribution in [0.3, 0.4) is 0 Å². The minimum absolute atomic E-state index is 0.151. The van der Waals surface area contributed by atoms with Crippen molar-refractivity contribution in [3.8, 4) is 0 Å². The number of nitrogens with zero attached hydrogens (tertiary/aromatic N) is 2. The Bertz CT molecular complexity index is 440. The van der Waals surface area contributed by atoms with Crippen molar-refractivity contribution in [2.24, 2.45) is 0 Å². The molecule has 0 aliphatic carbocycles. The number of hydrogen-bond donors (Lipinski definition) is 2. The Balaban J connectivity index is 2.61. The molecule has 5 nitrogen and oxygen atoms in total. The van der Waals surface area contributed by atoms with Gasteiger partial charge in [0.05, 0.1) is 15.9 Å². The zero-order chi connectivity index (χ0) is 9.42. The lowest BCUT2D eigenvalue weighted by molar-refractivity contribution is 0.296. The molecule has 0 radical (unpaired) electrons. The van der Waals surface area contributed by atoms with Gasteiger partial charge in [-0.15, -0.1) is 0 Å². The minimum Gasteiger partial charge on any atom is -0.733 e. The number of fused-ring (bicyclic) bond motifs is 1. The molecule has 0 saturated carbocycles. The second-order valence-corrected chi connectivity index (χ2v) is 3.54. The number of thiazole rings is 1. The van der Waals surface area contributed by atoms with Gasteiger partial charge in [-0.2, -0.15) is 0 Å². The van der Waals surface area contributed by atoms with Gasteiger partial charge in [-0.25, -0.2) is 4.98 Å². The predicted octanol–water partition coefficient (Wildman–Crippen LogP) is 1.57. The average Bonchev–Trinajstić information content (AvgIpc) is 2.42. The van der Waals surface area contributed by atoms with E-state index in [0.717, 1.165) is 4.70 Å². The Labute approximate surface area is 77.6 Å². The summed E-state index contributed by atoms with van der Waals surface area (Å²) in [6.45, 7) is 0. The number of rotatable bonds is 1. The highest BCUT2D eigenvalue weighted by molar-refractivity contribution is 7.22. The van der Waals surface area contributed by atoms with Gasteiger partial charge in [0.15, 0.2) is 5.13 Å². The fraction of sp³-hybridized carbons (Fsp3) is 0. The molecule has 2 aromatic rings. The molecule has 1 aromatic heterocycles. The minimum atomic E-state index is -0.199. The van der Waals surface area contributed by atoms with Gasteiger partial charge in [0, 0.05) is 0 Å². The van der Waals surface area contributed by atoms with E-state index < -0.39 is 0 Å². The van der Waals surface area contributed by atoms with Gasteiger partial charge < -0.3 is 16.2 Å². The number of anilines is 2. The molecular weight excluding hydrogens is 190 g/mol. The molecule has 0 spiro atoms. The van der Waals surface area contributed by atoms with Crippen molar-refractivity contribution >= 4 is 32.4 Å². The van der Waals surface area contributed by atoms with E-state index in [9.17, 15) is 5.21 Å². The molecule has 0 unspecified atom stereocenters. The monoisotopic (exact) mass is 196 g/mol. The Hall–Kier alpha value is -1.37. The van der Waals surface area contributed by atoms with Crippen LogP contribution >= 0.6 is 11.3 Å². The highest BCUT2D eigenvalue weighted by atomic mass is 32.1. The second-order valence-electron chi connectivity index (χ2n) is 2.48. The van der Waals surface area contributed by atoms with Crippen LogP contribution in [0.5, 0.6) is 0 Å². The van der Waals surface area contributed by atoms with E-state index in [1.807, 2.05) is 0 Å². The summed E-state index contributed by atoms with van der Waals surface area (Å²) in [6.07, 6.45) is 0. The van der Waals surface area contributed by atoms with Crippen LogP contribution < -0.4 is 11.0 Å². The third kappa shape index (κ3) is 1.42. The van der Waals surface area contributed by atoms with Crippen molar-refractivity contribution in [1.82, 2.24) is 4.98 Å². The van der Waals surface area contributed by atoms with E-state index in [-0.39, 0.29) is 10.9 Å². The summed E-state index contributed by atoms with van der Waals surface area (Å²) in [4.78, 5) is 3.98. The molecule has 0 aliphatic heterocycles. The molecule has 0 amide bonds. The zero-order valence-electron chi connectivity index (χ0n) is 6.47. The molecule has 0 saturated heterocycles. The largest absolute Gasteiger partial charge is 0.733 e. The average molecular weight is 196 g/mol. The Kier molecular flexibility index (Phi) is 1.80. The third-order valence-corrected chi connectivity index (χ3v) is 2.47. The number of nitrogen functional groups attached to an aromatic ring is 1. The van der Waals surface area contributed by atoms with Crippen LogP contribution in [0.2, 0.25) is 0 Å². The zero-order valence-corrected chi connectivity index (χ0v) is 7.28. The molecule has 6 heteroatoms. The van der Waals surface area contributed by atoms with Crippen LogP contribution in [0, 0.1) is 5.21 Å². The predicted molar refractivity (Wildman–Crippen MR) is 51.7 cm³/mol. The molecule has 0 atom stereocenters. The first-order valence-corrected chi connectivity index (χ1v) is 4.30. The lowest BCUT2D eigenvalue weighted by atomic mass is 10.3. The first-order valence-electron chi connectivity index (χ1n) is 3.49. The second kappa shape index (κ2) is 2.84. The van der Waals surface area contributed by atoms with E-state index in [0.29, 0.717) is 10.6 Å². The van der Waals surface area contributed by atoms with E-state index in [1.165, 1.54) is 23.5 Å². The molecule has 0 aliphatic rings. The first-order chi connectivity index (χ1) is 6.16. The van der Waals surface area contributed by atoms with Crippen LogP contribution in [0.25, 0.3) is 10.2 Å². The van der Waals surface area contributed by atoms with Crippen molar-refractivity contribution < 1.29 is 5.21 Å². The SMILES string of the molecule is Nc1nc2cc(N([O-])O)ccc2s1. The highest BCUT2D eigenvalue weighted by Gasteiger charge is 2.01. The first kappa shape index (κ1) is 8.24.